The van der Waals surface area contributed by atoms with E-state index in [0.717, 1.165) is 17.7 Å². The van der Waals surface area contributed by atoms with Crippen LogP contribution in [0, 0.1) is 0 Å². The van der Waals surface area contributed by atoms with Gasteiger partial charge in [0.2, 0.25) is 0 Å². The summed E-state index contributed by atoms with van der Waals surface area (Å²) in [6.07, 6.45) is 7.12. The highest BCUT2D eigenvalue weighted by Gasteiger charge is 2.18. The number of hydrogen-bond donors (Lipinski definition) is 2. The number of ether oxygens (including phenoxy) is 1. The van der Waals surface area contributed by atoms with Gasteiger partial charge in [-0.1, -0.05) is 12.8 Å². The van der Waals surface area contributed by atoms with E-state index < -0.39 is 0 Å². The van der Waals surface area contributed by atoms with Crippen molar-refractivity contribution >= 4 is 34.5 Å². The first-order valence-corrected chi connectivity index (χ1v) is 9.50. The molecule has 25 heavy (non-hydrogen) atoms. The largest absolute Gasteiger partial charge is 0.482 e. The van der Waals surface area contributed by atoms with Crippen LogP contribution in [0.3, 0.4) is 0 Å². The molecule has 2 N–H and O–H groups in total. The van der Waals surface area contributed by atoms with Gasteiger partial charge in [-0.25, -0.2) is 0 Å². The molecule has 0 fully saturated rings. The Hall–Kier alpha value is -2.34. The molecule has 0 spiro atoms. The second-order valence-electron chi connectivity index (χ2n) is 6.48. The van der Waals surface area contributed by atoms with Gasteiger partial charge in [0.25, 0.3) is 11.8 Å². The van der Waals surface area contributed by atoms with E-state index in [1.807, 2.05) is 6.07 Å². The summed E-state index contributed by atoms with van der Waals surface area (Å²) in [5.41, 5.74) is 2.57. The van der Waals surface area contributed by atoms with Crippen molar-refractivity contribution < 1.29 is 14.3 Å². The number of thiophene rings is 1. The number of carbonyl (C=O) groups is 2. The van der Waals surface area contributed by atoms with Crippen LogP contribution in [0.2, 0.25) is 0 Å². The van der Waals surface area contributed by atoms with Gasteiger partial charge in [0.1, 0.15) is 5.75 Å². The standard InChI is InChI=1S/C19H20N2O3S/c22-18-11-24-15-8-7-13(10-14(15)21-18)20-19(23)17-9-12-5-3-1-2-4-6-16(12)25-17/h7-10H,1-6,11H2,(H,20,23)(H,21,22). The third kappa shape index (κ3) is 3.54. The van der Waals surface area contributed by atoms with E-state index in [1.54, 1.807) is 29.5 Å². The van der Waals surface area contributed by atoms with E-state index in [1.165, 1.54) is 36.1 Å². The second kappa shape index (κ2) is 6.88. The monoisotopic (exact) mass is 356 g/mol. The average molecular weight is 356 g/mol. The summed E-state index contributed by atoms with van der Waals surface area (Å²) in [5, 5.41) is 5.68. The molecule has 130 valence electrons. The van der Waals surface area contributed by atoms with Crippen molar-refractivity contribution in [3.05, 3.63) is 39.6 Å². The van der Waals surface area contributed by atoms with Gasteiger partial charge in [0.15, 0.2) is 6.61 Å². The molecule has 2 heterocycles. The molecule has 4 rings (SSSR count). The van der Waals surface area contributed by atoms with Crippen LogP contribution >= 0.6 is 11.3 Å². The fourth-order valence-electron chi connectivity index (χ4n) is 3.31. The number of rotatable bonds is 2. The normalized spacial score (nSPS) is 16.6. The van der Waals surface area contributed by atoms with Crippen molar-refractivity contribution in [1.82, 2.24) is 0 Å². The Labute approximate surface area is 150 Å². The maximum absolute atomic E-state index is 12.6. The number of amides is 2. The van der Waals surface area contributed by atoms with Gasteiger partial charge < -0.3 is 15.4 Å². The molecule has 0 saturated carbocycles. The van der Waals surface area contributed by atoms with Gasteiger partial charge in [0.05, 0.1) is 10.6 Å². The lowest BCUT2D eigenvalue weighted by molar-refractivity contribution is -0.118. The van der Waals surface area contributed by atoms with Gasteiger partial charge in [0, 0.05) is 10.6 Å². The first-order valence-electron chi connectivity index (χ1n) is 8.69. The van der Waals surface area contributed by atoms with E-state index in [4.69, 9.17) is 4.74 Å². The Morgan fingerprint density at radius 2 is 1.96 bits per heavy atom. The van der Waals surface area contributed by atoms with Crippen molar-refractivity contribution in [1.29, 1.82) is 0 Å². The Morgan fingerprint density at radius 1 is 1.12 bits per heavy atom. The quantitative estimate of drug-likeness (QED) is 0.855. The summed E-state index contributed by atoms with van der Waals surface area (Å²) in [7, 11) is 0. The van der Waals surface area contributed by atoms with Gasteiger partial charge in [-0.05, 0) is 55.5 Å². The van der Waals surface area contributed by atoms with Crippen molar-refractivity contribution in [2.24, 2.45) is 0 Å². The Morgan fingerprint density at radius 3 is 2.84 bits per heavy atom. The highest BCUT2D eigenvalue weighted by molar-refractivity contribution is 7.14. The Bertz CT molecular complexity index is 803. The minimum Gasteiger partial charge on any atom is -0.482 e. The number of aryl methyl sites for hydroxylation is 2. The van der Waals surface area contributed by atoms with Crippen LogP contribution in [0.25, 0.3) is 0 Å². The lowest BCUT2D eigenvalue weighted by Gasteiger charge is -2.18. The summed E-state index contributed by atoms with van der Waals surface area (Å²) in [6, 6.07) is 7.33. The van der Waals surface area contributed by atoms with E-state index in [9.17, 15) is 9.59 Å². The number of fused-ring (bicyclic) bond motifs is 2. The maximum Gasteiger partial charge on any atom is 0.265 e. The molecule has 1 aromatic heterocycles. The predicted octanol–water partition coefficient (Wildman–Crippen LogP) is 3.99. The van der Waals surface area contributed by atoms with Gasteiger partial charge in [-0.2, -0.15) is 0 Å². The molecule has 0 radical (unpaired) electrons. The Kier molecular flexibility index (Phi) is 4.44. The smallest absolute Gasteiger partial charge is 0.265 e. The molecule has 6 heteroatoms. The van der Waals surface area contributed by atoms with Gasteiger partial charge in [-0.3, -0.25) is 9.59 Å². The molecule has 2 aliphatic rings. The summed E-state index contributed by atoms with van der Waals surface area (Å²) < 4.78 is 5.34. The molecule has 0 unspecified atom stereocenters. The maximum atomic E-state index is 12.6. The molecule has 0 bridgehead atoms. The first-order chi connectivity index (χ1) is 12.2. The number of nitrogens with one attached hydrogen (secondary N) is 2. The van der Waals surface area contributed by atoms with Gasteiger partial charge >= 0.3 is 0 Å². The summed E-state index contributed by atoms with van der Waals surface area (Å²) in [4.78, 5) is 26.2. The zero-order valence-corrected chi connectivity index (χ0v) is 14.7. The third-order valence-corrected chi connectivity index (χ3v) is 5.83. The molecule has 2 aromatic rings. The van der Waals surface area contributed by atoms with Crippen molar-refractivity contribution in [2.75, 3.05) is 17.2 Å². The number of anilines is 2. The van der Waals surface area contributed by atoms with Crippen molar-refractivity contribution in [3.8, 4) is 5.75 Å². The summed E-state index contributed by atoms with van der Waals surface area (Å²) in [5.74, 6) is 0.338. The molecular weight excluding hydrogens is 336 g/mol. The molecular formula is C19H20N2O3S. The van der Waals surface area contributed by atoms with Crippen LogP contribution in [0.15, 0.2) is 24.3 Å². The molecule has 0 atom stereocenters. The first kappa shape index (κ1) is 16.1. The SMILES string of the molecule is O=C1COc2ccc(NC(=O)c3cc4c(s3)CCCCCC4)cc2N1. The van der Waals surface area contributed by atoms with E-state index in [-0.39, 0.29) is 18.4 Å². The minimum atomic E-state index is -0.186. The molecule has 2 amide bonds. The zero-order chi connectivity index (χ0) is 17.2. The van der Waals surface area contributed by atoms with Crippen LogP contribution in [-0.4, -0.2) is 18.4 Å². The predicted molar refractivity (Wildman–Crippen MR) is 98.7 cm³/mol. The number of hydrogen-bond acceptors (Lipinski definition) is 4. The van der Waals surface area contributed by atoms with E-state index >= 15 is 0 Å². The molecule has 1 aliphatic heterocycles. The average Bonchev–Trinajstić information content (AvgIpc) is 2.97. The minimum absolute atomic E-state index is 0.0272. The summed E-state index contributed by atoms with van der Waals surface area (Å²) >= 11 is 1.61. The second-order valence-corrected chi connectivity index (χ2v) is 7.61. The topological polar surface area (TPSA) is 67.4 Å². The lowest BCUT2D eigenvalue weighted by atomic mass is 10.00. The van der Waals surface area contributed by atoms with Crippen LogP contribution < -0.4 is 15.4 Å². The molecule has 0 saturated heterocycles. The fraction of sp³-hybridized carbons (Fsp3) is 0.368. The van der Waals surface area contributed by atoms with Crippen LogP contribution in [-0.2, 0) is 17.6 Å². The molecule has 1 aliphatic carbocycles. The van der Waals surface area contributed by atoms with E-state index in [0.29, 0.717) is 17.1 Å². The van der Waals surface area contributed by atoms with Gasteiger partial charge in [-0.15, -0.1) is 11.3 Å². The third-order valence-electron chi connectivity index (χ3n) is 4.59. The van der Waals surface area contributed by atoms with Crippen LogP contribution in [0.4, 0.5) is 11.4 Å². The Balaban J connectivity index is 1.51. The van der Waals surface area contributed by atoms with Crippen molar-refractivity contribution in [2.45, 2.75) is 38.5 Å². The highest BCUT2D eigenvalue weighted by Crippen LogP contribution is 2.32. The zero-order valence-electron chi connectivity index (χ0n) is 13.9. The molecule has 5 nitrogen and oxygen atoms in total. The van der Waals surface area contributed by atoms with E-state index in [2.05, 4.69) is 10.6 Å². The number of carbonyl (C=O) groups excluding carboxylic acids is 2. The summed E-state index contributed by atoms with van der Waals surface area (Å²) in [6.45, 7) is 0.0272. The van der Waals surface area contributed by atoms with Crippen LogP contribution in [0.1, 0.15) is 45.8 Å². The van der Waals surface area contributed by atoms with Crippen LogP contribution in [0.5, 0.6) is 5.75 Å². The fourth-order valence-corrected chi connectivity index (χ4v) is 4.46. The highest BCUT2D eigenvalue weighted by atomic mass is 32.1. The van der Waals surface area contributed by atoms with Crippen molar-refractivity contribution in [3.63, 3.8) is 0 Å². The molecule has 1 aromatic carbocycles. The number of benzene rings is 1. The lowest BCUT2D eigenvalue weighted by Crippen LogP contribution is -2.25.